The van der Waals surface area contributed by atoms with E-state index in [9.17, 15) is 13.2 Å². The fraction of sp³-hybridized carbons (Fsp3) is 0.714. The van der Waals surface area contributed by atoms with E-state index in [0.717, 1.165) is 0 Å². The number of alkyl halides is 3. The van der Waals surface area contributed by atoms with Gasteiger partial charge in [-0.05, 0) is 6.54 Å². The maximum atomic E-state index is 11.7. The van der Waals surface area contributed by atoms with Crippen molar-refractivity contribution in [3.05, 3.63) is 12.7 Å². The van der Waals surface area contributed by atoms with Gasteiger partial charge in [-0.25, -0.2) is 0 Å². The molecule has 0 aliphatic rings. The second-order valence-electron chi connectivity index (χ2n) is 2.22. The highest BCUT2D eigenvalue weighted by atomic mass is 19.4. The number of nitrogens with one attached hydrogen (secondary N) is 1. The van der Waals surface area contributed by atoms with E-state index in [0.29, 0.717) is 6.54 Å². The van der Waals surface area contributed by atoms with Gasteiger partial charge in [0.1, 0.15) is 0 Å². The average molecular weight is 167 g/mol. The molecule has 0 heterocycles. The normalized spacial score (nSPS) is 14.5. The highest BCUT2D eigenvalue weighted by Crippen LogP contribution is 2.21. The summed E-state index contributed by atoms with van der Waals surface area (Å²) in [6.07, 6.45) is -3.68. The van der Waals surface area contributed by atoms with Gasteiger partial charge in [0.25, 0.3) is 0 Å². The summed E-state index contributed by atoms with van der Waals surface area (Å²) in [4.78, 5) is 0. The van der Waals surface area contributed by atoms with Gasteiger partial charge in [-0.2, -0.15) is 13.2 Å². The molecule has 0 saturated carbocycles. The quantitative estimate of drug-likeness (QED) is 0.632. The van der Waals surface area contributed by atoms with Crippen molar-refractivity contribution in [3.63, 3.8) is 0 Å². The van der Waals surface area contributed by atoms with Gasteiger partial charge in [0.15, 0.2) is 0 Å². The van der Waals surface area contributed by atoms with Crippen LogP contribution in [0, 0.1) is 0 Å². The Kier molecular flexibility index (Phi) is 4.18. The Morgan fingerprint density at radius 2 is 2.09 bits per heavy atom. The highest BCUT2D eigenvalue weighted by Gasteiger charge is 2.30. The predicted molar refractivity (Wildman–Crippen MR) is 38.3 cm³/mol. The van der Waals surface area contributed by atoms with Gasteiger partial charge in [0, 0.05) is 6.04 Å². The van der Waals surface area contributed by atoms with E-state index < -0.39 is 18.6 Å². The first-order chi connectivity index (χ1) is 4.99. The first-order valence-electron chi connectivity index (χ1n) is 3.42. The van der Waals surface area contributed by atoms with Crippen molar-refractivity contribution in [1.82, 2.24) is 5.32 Å². The smallest absolute Gasteiger partial charge is 0.310 e. The Morgan fingerprint density at radius 3 is 2.36 bits per heavy atom. The van der Waals surface area contributed by atoms with Crippen molar-refractivity contribution in [2.24, 2.45) is 0 Å². The molecule has 1 atom stereocenters. The molecule has 0 aliphatic heterocycles. The van der Waals surface area contributed by atoms with Crippen LogP contribution in [0.5, 0.6) is 0 Å². The van der Waals surface area contributed by atoms with Crippen molar-refractivity contribution >= 4 is 0 Å². The molecule has 0 fully saturated rings. The van der Waals surface area contributed by atoms with E-state index in [1.165, 1.54) is 6.08 Å². The third kappa shape index (κ3) is 5.91. The Labute approximate surface area is 64.3 Å². The molecule has 0 aliphatic carbocycles. The topological polar surface area (TPSA) is 12.0 Å². The lowest BCUT2D eigenvalue weighted by molar-refractivity contribution is -0.137. The van der Waals surface area contributed by atoms with Crippen LogP contribution in [0.15, 0.2) is 12.7 Å². The molecule has 11 heavy (non-hydrogen) atoms. The highest BCUT2D eigenvalue weighted by molar-refractivity contribution is 4.86. The lowest BCUT2D eigenvalue weighted by atomic mass is 10.2. The van der Waals surface area contributed by atoms with E-state index in [1.54, 1.807) is 6.92 Å². The molecule has 1 nitrogen and oxygen atoms in total. The van der Waals surface area contributed by atoms with Crippen LogP contribution in [-0.4, -0.2) is 18.8 Å². The Hall–Kier alpha value is -0.510. The maximum absolute atomic E-state index is 11.7. The molecular formula is C7H12F3N. The van der Waals surface area contributed by atoms with E-state index in [4.69, 9.17) is 0 Å². The average Bonchev–Trinajstić information content (AvgIpc) is 1.84. The van der Waals surface area contributed by atoms with Gasteiger partial charge in [0.05, 0.1) is 6.42 Å². The zero-order valence-electron chi connectivity index (χ0n) is 6.41. The molecule has 1 N–H and O–H groups in total. The van der Waals surface area contributed by atoms with Gasteiger partial charge in [0.2, 0.25) is 0 Å². The van der Waals surface area contributed by atoms with Crippen molar-refractivity contribution in [2.45, 2.75) is 25.6 Å². The molecule has 66 valence electrons. The number of hydrogen-bond donors (Lipinski definition) is 1. The van der Waals surface area contributed by atoms with Crippen LogP contribution in [0.1, 0.15) is 13.3 Å². The van der Waals surface area contributed by atoms with Crippen LogP contribution in [0.4, 0.5) is 13.2 Å². The van der Waals surface area contributed by atoms with Crippen molar-refractivity contribution in [3.8, 4) is 0 Å². The van der Waals surface area contributed by atoms with Crippen LogP contribution in [0.25, 0.3) is 0 Å². The summed E-state index contributed by atoms with van der Waals surface area (Å²) in [5.74, 6) is 0. The molecule has 0 rings (SSSR count). The third-order valence-electron chi connectivity index (χ3n) is 1.20. The Morgan fingerprint density at radius 1 is 1.55 bits per heavy atom. The summed E-state index contributed by atoms with van der Waals surface area (Å²) < 4.78 is 35.2. The fourth-order valence-electron chi connectivity index (χ4n) is 0.750. The summed E-state index contributed by atoms with van der Waals surface area (Å²) in [5, 5.41) is 2.65. The lowest BCUT2D eigenvalue weighted by Gasteiger charge is -2.14. The van der Waals surface area contributed by atoms with Crippen LogP contribution in [-0.2, 0) is 0 Å². The molecule has 0 aromatic carbocycles. The number of rotatable bonds is 4. The molecule has 0 saturated heterocycles. The monoisotopic (exact) mass is 167 g/mol. The van der Waals surface area contributed by atoms with Gasteiger partial charge < -0.3 is 5.32 Å². The largest absolute Gasteiger partial charge is 0.390 e. The summed E-state index contributed by atoms with van der Waals surface area (Å²) in [5.41, 5.74) is 0. The molecule has 0 aromatic rings. The maximum Gasteiger partial charge on any atom is 0.390 e. The van der Waals surface area contributed by atoms with Crippen LogP contribution in [0.3, 0.4) is 0 Å². The van der Waals surface area contributed by atoms with E-state index >= 15 is 0 Å². The number of likely N-dealkylation sites (N-methyl/N-ethyl adjacent to an activating group) is 1. The van der Waals surface area contributed by atoms with E-state index in [2.05, 4.69) is 11.9 Å². The molecule has 0 radical (unpaired) electrons. The van der Waals surface area contributed by atoms with Crippen molar-refractivity contribution in [1.29, 1.82) is 0 Å². The van der Waals surface area contributed by atoms with E-state index in [1.807, 2.05) is 0 Å². The molecule has 4 heteroatoms. The molecular weight excluding hydrogens is 155 g/mol. The minimum atomic E-state index is -4.11. The number of halogens is 3. The van der Waals surface area contributed by atoms with Gasteiger partial charge in [-0.15, -0.1) is 6.58 Å². The first-order valence-corrected chi connectivity index (χ1v) is 3.42. The summed E-state index contributed by atoms with van der Waals surface area (Å²) >= 11 is 0. The first kappa shape index (κ1) is 10.5. The SMILES string of the molecule is C=CC(CC(F)(F)F)NCC. The van der Waals surface area contributed by atoms with Crippen LogP contribution < -0.4 is 5.32 Å². The minimum Gasteiger partial charge on any atom is -0.310 e. The van der Waals surface area contributed by atoms with Gasteiger partial charge in [-0.3, -0.25) is 0 Å². The third-order valence-corrected chi connectivity index (χ3v) is 1.20. The predicted octanol–water partition coefficient (Wildman–Crippen LogP) is 2.10. The Bertz CT molecular complexity index is 119. The zero-order chi connectivity index (χ0) is 8.91. The van der Waals surface area contributed by atoms with Crippen molar-refractivity contribution in [2.75, 3.05) is 6.54 Å². The molecule has 0 spiro atoms. The van der Waals surface area contributed by atoms with Gasteiger partial charge >= 0.3 is 6.18 Å². The second kappa shape index (κ2) is 4.38. The molecule has 0 bridgehead atoms. The second-order valence-corrected chi connectivity index (χ2v) is 2.22. The summed E-state index contributed by atoms with van der Waals surface area (Å²) in [6.45, 7) is 5.58. The van der Waals surface area contributed by atoms with Gasteiger partial charge in [-0.1, -0.05) is 13.0 Å². The van der Waals surface area contributed by atoms with Crippen molar-refractivity contribution < 1.29 is 13.2 Å². The van der Waals surface area contributed by atoms with Crippen LogP contribution >= 0.6 is 0 Å². The molecule has 0 amide bonds. The molecule has 0 aromatic heterocycles. The molecule has 1 unspecified atom stereocenters. The minimum absolute atomic E-state index is 0.521. The number of hydrogen-bond acceptors (Lipinski definition) is 1. The Balaban J connectivity index is 3.77. The standard InChI is InChI=1S/C7H12F3N/c1-3-6(11-4-2)5-7(8,9)10/h3,6,11H,1,4-5H2,2H3. The zero-order valence-corrected chi connectivity index (χ0v) is 6.41. The summed E-state index contributed by atoms with van der Waals surface area (Å²) in [7, 11) is 0. The fourth-order valence-corrected chi connectivity index (χ4v) is 0.750. The van der Waals surface area contributed by atoms with Crippen LogP contribution in [0.2, 0.25) is 0 Å². The van der Waals surface area contributed by atoms with E-state index in [-0.39, 0.29) is 0 Å². The lowest BCUT2D eigenvalue weighted by Crippen LogP contribution is -2.31. The summed E-state index contributed by atoms with van der Waals surface area (Å²) in [6, 6.07) is -0.653.